The first-order valence-electron chi connectivity index (χ1n) is 12.1. The van der Waals surface area contributed by atoms with Gasteiger partial charge in [-0.1, -0.05) is 41.5 Å². The van der Waals surface area contributed by atoms with Gasteiger partial charge in [-0.2, -0.15) is 0 Å². The zero-order valence-electron chi connectivity index (χ0n) is 22.9. The minimum atomic E-state index is -2.83. The molecule has 2 N–H and O–H groups in total. The molecule has 202 valence electrons. The molecule has 0 radical (unpaired) electrons. The molecule has 14 heteroatoms. The molecule has 1 aliphatic rings. The van der Waals surface area contributed by atoms with E-state index in [0.29, 0.717) is 5.65 Å². The minimum Gasteiger partial charge on any atom is -0.408 e. The number of ether oxygens (including phenoxy) is 1. The van der Waals surface area contributed by atoms with Gasteiger partial charge in [0, 0.05) is 4.57 Å². The third-order valence-electron chi connectivity index (χ3n) is 7.75. The standard InChI is InChI=1S/C22H39N4O7PSi2/c1-21(2,3)35(7,8)32-16-14(11-30-34(28)29)31-20(17(16)33-36(9,10)22(4,5)6)26-13-25-15-18(26)23-12-24-19(15)27/h12-14,16-17,20H,11H2,1-10H3,(H-,23,24,27,28,29)/p+1. The van der Waals surface area contributed by atoms with Crippen molar-refractivity contribution in [3.8, 4) is 0 Å². The van der Waals surface area contributed by atoms with Gasteiger partial charge in [0.05, 0.1) is 12.7 Å². The summed E-state index contributed by atoms with van der Waals surface area (Å²) < 4.78 is 38.5. The lowest BCUT2D eigenvalue weighted by Crippen LogP contribution is -2.54. The van der Waals surface area contributed by atoms with E-state index in [9.17, 15) is 14.3 Å². The van der Waals surface area contributed by atoms with Crippen molar-refractivity contribution in [3.05, 3.63) is 23.0 Å². The predicted octanol–water partition coefficient (Wildman–Crippen LogP) is 4.46. The average Bonchev–Trinajstić information content (AvgIpc) is 3.27. The Morgan fingerprint density at radius 2 is 1.61 bits per heavy atom. The molecule has 2 aromatic heterocycles. The second-order valence-electron chi connectivity index (χ2n) is 12.3. The van der Waals surface area contributed by atoms with E-state index in [-0.39, 0.29) is 27.8 Å². The first-order valence-corrected chi connectivity index (χ1v) is 19.0. The van der Waals surface area contributed by atoms with Crippen LogP contribution in [0.3, 0.4) is 0 Å². The fourth-order valence-electron chi connectivity index (χ4n) is 3.55. The molecule has 0 aliphatic carbocycles. The van der Waals surface area contributed by atoms with Crippen LogP contribution in [0.5, 0.6) is 0 Å². The Morgan fingerprint density at radius 1 is 1.06 bits per heavy atom. The van der Waals surface area contributed by atoms with E-state index in [1.165, 1.54) is 12.7 Å². The first-order chi connectivity index (χ1) is 16.4. The summed E-state index contributed by atoms with van der Waals surface area (Å²) in [6.07, 6.45) is 0.229. The third-order valence-corrected chi connectivity index (χ3v) is 17.1. The summed E-state index contributed by atoms with van der Waals surface area (Å²) in [4.78, 5) is 32.8. The van der Waals surface area contributed by atoms with E-state index in [2.05, 4.69) is 82.7 Å². The van der Waals surface area contributed by atoms with Crippen LogP contribution in [-0.2, 0) is 22.7 Å². The summed E-state index contributed by atoms with van der Waals surface area (Å²) in [7, 11) is -7.52. The summed E-state index contributed by atoms with van der Waals surface area (Å²) in [5.74, 6) is 0. The molecule has 11 nitrogen and oxygen atoms in total. The van der Waals surface area contributed by atoms with E-state index in [4.69, 9.17) is 18.1 Å². The lowest BCUT2D eigenvalue weighted by Gasteiger charge is -2.44. The molecule has 0 amide bonds. The molecule has 3 heterocycles. The number of aromatic nitrogens is 4. The zero-order valence-corrected chi connectivity index (χ0v) is 25.8. The lowest BCUT2D eigenvalue weighted by molar-refractivity contribution is -0.0455. The van der Waals surface area contributed by atoms with Crippen LogP contribution in [0.1, 0.15) is 47.8 Å². The maximum atomic E-state index is 12.3. The molecule has 0 saturated carbocycles. The third kappa shape index (κ3) is 5.88. The van der Waals surface area contributed by atoms with Gasteiger partial charge in [0.2, 0.25) is 0 Å². The highest BCUT2D eigenvalue weighted by atomic mass is 31.1. The van der Waals surface area contributed by atoms with Crippen LogP contribution in [0.15, 0.2) is 17.4 Å². The van der Waals surface area contributed by atoms with Crippen molar-refractivity contribution in [1.82, 2.24) is 19.5 Å². The highest BCUT2D eigenvalue weighted by Gasteiger charge is 2.55. The van der Waals surface area contributed by atoms with Gasteiger partial charge < -0.3 is 18.6 Å². The van der Waals surface area contributed by atoms with E-state index in [0.717, 1.165) is 0 Å². The summed E-state index contributed by atoms with van der Waals surface area (Å²) in [6, 6.07) is 0. The van der Waals surface area contributed by atoms with Crippen LogP contribution < -0.4 is 5.56 Å². The summed E-state index contributed by atoms with van der Waals surface area (Å²) in [5.41, 5.74) is 0.186. The van der Waals surface area contributed by atoms with Crippen molar-refractivity contribution in [1.29, 1.82) is 0 Å². The van der Waals surface area contributed by atoms with Crippen molar-refractivity contribution in [2.45, 2.75) is 102 Å². The van der Waals surface area contributed by atoms with E-state index < -0.39 is 49.4 Å². The maximum Gasteiger partial charge on any atom is 0.694 e. The number of nitrogens with zero attached hydrogens (tertiary/aromatic N) is 3. The molecule has 2 aromatic rings. The second-order valence-corrected chi connectivity index (χ2v) is 22.6. The monoisotopic (exact) mass is 559 g/mol. The largest absolute Gasteiger partial charge is 0.694 e. The van der Waals surface area contributed by atoms with Crippen LogP contribution >= 0.6 is 8.25 Å². The predicted molar refractivity (Wildman–Crippen MR) is 142 cm³/mol. The Balaban J connectivity index is 2.14. The number of imidazole rings is 1. The Hall–Kier alpha value is -1.32. The van der Waals surface area contributed by atoms with Gasteiger partial charge in [-0.15, -0.1) is 9.42 Å². The van der Waals surface area contributed by atoms with Gasteiger partial charge in [-0.3, -0.25) is 9.36 Å². The van der Waals surface area contributed by atoms with Crippen molar-refractivity contribution < 1.29 is 27.6 Å². The first kappa shape index (κ1) is 29.2. The SMILES string of the molecule is CC(C)(C)[Si](C)(C)OC1C(CO[P+](=O)O)OC(n2cnc3c(=O)[nH]cnc32)C1O[Si](C)(C)C(C)(C)C. The Morgan fingerprint density at radius 3 is 2.14 bits per heavy atom. The highest BCUT2D eigenvalue weighted by molar-refractivity contribution is 7.32. The number of fused-ring (bicyclic) bond motifs is 1. The number of hydrogen-bond acceptors (Lipinski definition) is 8. The summed E-state index contributed by atoms with van der Waals surface area (Å²) >= 11 is 0. The number of H-pyrrole nitrogens is 1. The quantitative estimate of drug-likeness (QED) is 0.354. The second kappa shape index (κ2) is 10.1. The van der Waals surface area contributed by atoms with Gasteiger partial charge in [0.1, 0.15) is 24.9 Å². The minimum absolute atomic E-state index is 0.100. The molecule has 0 spiro atoms. The molecule has 0 bridgehead atoms. The van der Waals surface area contributed by atoms with Gasteiger partial charge in [0.25, 0.3) is 5.56 Å². The van der Waals surface area contributed by atoms with E-state index in [1.807, 2.05) is 0 Å². The Kier molecular flexibility index (Phi) is 8.21. The molecular weight excluding hydrogens is 519 g/mol. The number of rotatable bonds is 8. The molecule has 1 saturated heterocycles. The molecule has 1 aliphatic heterocycles. The lowest BCUT2D eigenvalue weighted by atomic mass is 10.1. The average molecular weight is 560 g/mol. The van der Waals surface area contributed by atoms with Crippen LogP contribution in [0.2, 0.25) is 36.3 Å². The van der Waals surface area contributed by atoms with Crippen LogP contribution in [0.25, 0.3) is 11.2 Å². The van der Waals surface area contributed by atoms with Crippen molar-refractivity contribution in [2.24, 2.45) is 0 Å². The Bertz CT molecular complexity index is 1160. The van der Waals surface area contributed by atoms with Gasteiger partial charge in [-0.25, -0.2) is 9.97 Å². The summed E-state index contributed by atoms with van der Waals surface area (Å²) in [5, 5.41) is -0.203. The molecular formula is C22H40N4O7PSi2+. The fraction of sp³-hybridized carbons (Fsp3) is 0.773. The Labute approximate surface area is 215 Å². The molecule has 3 rings (SSSR count). The molecule has 5 unspecified atom stereocenters. The van der Waals surface area contributed by atoms with Crippen molar-refractivity contribution >= 4 is 36.1 Å². The molecule has 1 fully saturated rings. The fourth-order valence-corrected chi connectivity index (χ4v) is 6.43. The van der Waals surface area contributed by atoms with E-state index >= 15 is 0 Å². The van der Waals surface area contributed by atoms with Crippen LogP contribution in [0, 0.1) is 0 Å². The van der Waals surface area contributed by atoms with Gasteiger partial charge in [0.15, 0.2) is 34.0 Å². The maximum absolute atomic E-state index is 12.3. The van der Waals surface area contributed by atoms with Crippen molar-refractivity contribution in [3.63, 3.8) is 0 Å². The summed E-state index contributed by atoms with van der Waals surface area (Å²) in [6.45, 7) is 21.3. The molecule has 0 aromatic carbocycles. The van der Waals surface area contributed by atoms with Crippen LogP contribution in [0.4, 0.5) is 0 Å². The highest BCUT2D eigenvalue weighted by Crippen LogP contribution is 2.46. The van der Waals surface area contributed by atoms with Crippen molar-refractivity contribution in [2.75, 3.05) is 6.61 Å². The normalized spacial score (nSPS) is 24.5. The topological polar surface area (TPSA) is 138 Å². The number of hydrogen-bond donors (Lipinski definition) is 2. The zero-order chi connectivity index (χ0) is 27.3. The van der Waals surface area contributed by atoms with Gasteiger partial charge >= 0.3 is 8.25 Å². The van der Waals surface area contributed by atoms with Crippen LogP contribution in [-0.4, -0.2) is 66.0 Å². The number of aromatic amines is 1. The van der Waals surface area contributed by atoms with Gasteiger partial charge in [-0.05, 0) is 36.3 Å². The number of nitrogens with one attached hydrogen (secondary N) is 1. The smallest absolute Gasteiger partial charge is 0.408 e. The van der Waals surface area contributed by atoms with E-state index in [1.54, 1.807) is 4.57 Å². The molecule has 36 heavy (non-hydrogen) atoms. The molecule has 5 atom stereocenters.